The summed E-state index contributed by atoms with van der Waals surface area (Å²) in [5.74, 6) is -2.45. The number of ether oxygens (including phenoxy) is 3. The summed E-state index contributed by atoms with van der Waals surface area (Å²) in [7, 11) is -2.53. The Labute approximate surface area is 580 Å². The Kier molecular flexibility index (Phi) is 20.4. The van der Waals surface area contributed by atoms with Crippen LogP contribution in [0, 0.1) is 11.8 Å². The third-order valence-corrected chi connectivity index (χ3v) is 22.0. The van der Waals surface area contributed by atoms with Gasteiger partial charge in [-0.2, -0.15) is 4.31 Å². The number of carbonyl (C=O) groups is 6. The van der Waals surface area contributed by atoms with Gasteiger partial charge in [-0.05, 0) is 126 Å². The average molecular weight is 1420 g/mol. The summed E-state index contributed by atoms with van der Waals surface area (Å²) < 4.78 is 48.8. The number of thiazole rings is 1. The Morgan fingerprint density at radius 1 is 0.867 bits per heavy atom. The number of hydrogen-bond donors (Lipinski definition) is 5. The number of pyridine rings is 1. The van der Waals surface area contributed by atoms with E-state index in [4.69, 9.17) is 53.1 Å². The van der Waals surface area contributed by atoms with Crippen molar-refractivity contribution in [3.63, 3.8) is 0 Å². The molecule has 4 fully saturated rings. The number of nitrogens with zero attached hydrogens (tertiary/aromatic N) is 9. The quantitative estimate of drug-likeness (QED) is 0.0561. The molecule has 8 heterocycles. The molecule has 2 aliphatic carbocycles. The molecule has 2 saturated carbocycles. The van der Waals surface area contributed by atoms with Crippen molar-refractivity contribution in [3.8, 4) is 34.0 Å². The molecule has 7 aromatic rings. The molecule has 98 heavy (non-hydrogen) atoms. The summed E-state index contributed by atoms with van der Waals surface area (Å²) in [4.78, 5) is 105. The zero-order valence-electron chi connectivity index (χ0n) is 54.6. The molecule has 0 spiro atoms. The van der Waals surface area contributed by atoms with Crippen LogP contribution in [-0.2, 0) is 50.7 Å². The number of fused-ring (bicyclic) bond motifs is 4. The molecule has 25 nitrogen and oxygen atoms in total. The summed E-state index contributed by atoms with van der Waals surface area (Å²) in [6.07, 6.45) is 16.7. The van der Waals surface area contributed by atoms with Gasteiger partial charge in [-0.1, -0.05) is 72.5 Å². The molecule has 4 aromatic heterocycles. The molecule has 5 amide bonds. The van der Waals surface area contributed by atoms with E-state index in [1.54, 1.807) is 44.6 Å². The molecule has 6 atom stereocenters. The number of piperidine rings is 1. The number of sulfonamides is 1. The number of alkyl carbamates (subject to hydrolysis) is 1. The molecular formula is C69H77Cl2N13O12S2. The highest BCUT2D eigenvalue weighted by Crippen LogP contribution is 2.47. The van der Waals surface area contributed by atoms with Gasteiger partial charge in [0.15, 0.2) is 10.2 Å². The lowest BCUT2D eigenvalue weighted by Gasteiger charge is -2.31. The molecule has 13 rings (SSSR count). The summed E-state index contributed by atoms with van der Waals surface area (Å²) in [5, 5.41) is 23.1. The summed E-state index contributed by atoms with van der Waals surface area (Å²) in [6, 6.07) is 17.8. The summed E-state index contributed by atoms with van der Waals surface area (Å²) in [6.45, 7) is 6.06. The van der Waals surface area contributed by atoms with E-state index in [1.807, 2.05) is 79.9 Å². The predicted molar refractivity (Wildman–Crippen MR) is 369 cm³/mol. The first-order valence-electron chi connectivity index (χ1n) is 32.9. The lowest BCUT2D eigenvalue weighted by atomic mass is 9.91. The monoisotopic (exact) mass is 1410 g/mol. The smallest absolute Gasteiger partial charge is 0.408 e. The third kappa shape index (κ3) is 14.7. The van der Waals surface area contributed by atoms with E-state index in [0.29, 0.717) is 75.2 Å². The number of carboxylic acid groups (broad SMARTS) is 1. The van der Waals surface area contributed by atoms with Crippen LogP contribution in [-0.4, -0.2) is 151 Å². The maximum absolute atomic E-state index is 14.5. The molecule has 3 aromatic carbocycles. The number of carbonyl (C=O) groups excluding carboxylic acids is 5. The molecular weight excluding hydrogens is 1340 g/mol. The van der Waals surface area contributed by atoms with E-state index in [9.17, 15) is 42.3 Å². The molecule has 0 radical (unpaired) electrons. The van der Waals surface area contributed by atoms with Crippen LogP contribution in [0.25, 0.3) is 33.4 Å². The Morgan fingerprint density at radius 3 is 2.29 bits per heavy atom. The van der Waals surface area contributed by atoms with Crippen molar-refractivity contribution in [1.82, 2.24) is 49.3 Å². The molecule has 6 N–H and O–H groups in total. The average Bonchev–Trinajstić information content (AvgIpc) is 1.55. The number of hydrogen-bond acceptors (Lipinski definition) is 18. The van der Waals surface area contributed by atoms with Crippen molar-refractivity contribution in [2.45, 2.75) is 157 Å². The first-order chi connectivity index (χ1) is 47.0. The zero-order valence-corrected chi connectivity index (χ0v) is 57.7. The normalized spacial score (nSPS) is 23.5. The van der Waals surface area contributed by atoms with Gasteiger partial charge in [0.1, 0.15) is 58.9 Å². The molecule has 29 heteroatoms. The van der Waals surface area contributed by atoms with Crippen LogP contribution in [0.1, 0.15) is 110 Å². The second-order valence-electron chi connectivity index (χ2n) is 26.2. The van der Waals surface area contributed by atoms with Crippen LogP contribution in [0.15, 0.2) is 114 Å². The minimum absolute atomic E-state index is 0.0324. The topological polar surface area (TPSA) is 326 Å². The molecule has 1 unspecified atom stereocenters. The van der Waals surface area contributed by atoms with Crippen molar-refractivity contribution in [3.05, 3.63) is 125 Å². The van der Waals surface area contributed by atoms with Gasteiger partial charge in [0, 0.05) is 94.7 Å². The van der Waals surface area contributed by atoms with Crippen LogP contribution < -0.4 is 36.1 Å². The number of imidazole rings is 1. The Bertz CT molecular complexity index is 4300. The van der Waals surface area contributed by atoms with Gasteiger partial charge in [0.05, 0.1) is 36.7 Å². The number of nitrogens with two attached hydrogens (primary N) is 1. The van der Waals surface area contributed by atoms with Gasteiger partial charge in [0.25, 0.3) is 15.9 Å². The number of aliphatic carboxylic acids is 1. The SMILES string of the molecule is COc1ccc2c(O[C@@H]3C[C@H]4C(=O)N[C@]5(C(=O)O)C[C@H]5/C=C\CCCCCC(NC(=O)OC5CCCC5)C(=O)N4C3)cc(-c3csc(NC(C)C)n3)nc2c1.C[C@@]1(Cc2ccc(-c3cncnc3)cc2)C(=O)N(c2cc(Cl)cc(Cl)c2)c2ncc(S(=O)(=O)N3CCC(C(N)=O)CC3)n21. The number of amides is 5. The van der Waals surface area contributed by atoms with Crippen molar-refractivity contribution in [2.75, 3.05) is 37.0 Å². The fourth-order valence-corrected chi connectivity index (χ4v) is 16.7. The zero-order chi connectivity index (χ0) is 69.2. The number of aromatic nitrogens is 6. The molecule has 2 saturated heterocycles. The van der Waals surface area contributed by atoms with Crippen LogP contribution >= 0.6 is 34.5 Å². The first-order valence-corrected chi connectivity index (χ1v) is 36.0. The van der Waals surface area contributed by atoms with Gasteiger partial charge in [-0.15, -0.1) is 11.3 Å². The number of rotatable bonds is 16. The van der Waals surface area contributed by atoms with Crippen LogP contribution in [0.4, 0.5) is 21.6 Å². The first kappa shape index (κ1) is 69.2. The van der Waals surface area contributed by atoms with Gasteiger partial charge in [-0.25, -0.2) is 47.8 Å². The fourth-order valence-electron chi connectivity index (χ4n) is 13.7. The number of carboxylic acids is 1. The Morgan fingerprint density at radius 2 is 1.59 bits per heavy atom. The number of anilines is 3. The van der Waals surface area contributed by atoms with Crippen molar-refractivity contribution >= 4 is 108 Å². The van der Waals surface area contributed by atoms with Gasteiger partial charge in [-0.3, -0.25) is 23.7 Å². The minimum atomic E-state index is -4.11. The summed E-state index contributed by atoms with van der Waals surface area (Å²) >= 11 is 14.0. The summed E-state index contributed by atoms with van der Waals surface area (Å²) in [5.41, 5.74) is 7.37. The van der Waals surface area contributed by atoms with E-state index in [0.717, 1.165) is 66.8 Å². The lowest BCUT2D eigenvalue weighted by molar-refractivity contribution is -0.145. The third-order valence-electron chi connectivity index (χ3n) is 19.0. The largest absolute Gasteiger partial charge is 0.497 e. The number of benzene rings is 3. The molecule has 4 aliphatic heterocycles. The highest BCUT2D eigenvalue weighted by atomic mass is 35.5. The second kappa shape index (κ2) is 29.0. The van der Waals surface area contributed by atoms with E-state index < -0.39 is 75.0 Å². The Balaban J connectivity index is 0.000000192. The van der Waals surface area contributed by atoms with Gasteiger partial charge >= 0.3 is 12.1 Å². The highest BCUT2D eigenvalue weighted by molar-refractivity contribution is 7.89. The highest BCUT2D eigenvalue weighted by Gasteiger charge is 2.62. The van der Waals surface area contributed by atoms with E-state index in [-0.39, 0.29) is 73.9 Å². The van der Waals surface area contributed by atoms with Crippen LogP contribution in [0.5, 0.6) is 11.5 Å². The standard InChI is InChI=1S/C40H50N6O8S.C29H27Cl2N7O4S/c1-23(2)41-38-43-32(22-55-38)31-19-34(28-16-15-26(52-3)17-30(28)42-31)53-27-18-33-35(47)45-40(37(49)50)20-24(40)11-7-5-4-6-8-14-29(36(48)46(33)21-27)44-39(51)54-25-12-9-10-13-25;1-29(13-18-2-4-19(5-3-18)21-14-33-17-34-15-21)27(40)37(24-11-22(30)10-23(31)12-24)28-35-16-25(38(28)29)43(41,42)36-8-6-20(7-9-36)26(32)39/h7,11,15-17,19,22-25,27,29,33H,4-6,8-10,12-14,18,20-21H2,1-3H3,(H,41,43)(H,44,51)(H,45,47)(H,49,50);2-5,10-12,14-17,20H,6-9,13H2,1H3,(H2,32,39)/b11-7-;/t24-,27-,29?,33+,40-;29-/m11/s1. The molecule has 6 aliphatic rings. The Hall–Kier alpha value is -8.76. The predicted octanol–water partition coefficient (Wildman–Crippen LogP) is 10.2. The lowest BCUT2D eigenvalue weighted by Crippen LogP contribution is -2.56. The second-order valence-corrected chi connectivity index (χ2v) is 29.8. The molecule has 516 valence electrons. The number of primary amides is 1. The fraction of sp³-hybridized carbons (Fsp3) is 0.435. The van der Waals surface area contributed by atoms with Crippen LogP contribution in [0.3, 0.4) is 0 Å². The van der Waals surface area contributed by atoms with Crippen molar-refractivity contribution in [1.29, 1.82) is 0 Å². The number of halogens is 2. The van der Waals surface area contributed by atoms with Crippen molar-refractivity contribution in [2.24, 2.45) is 17.6 Å². The maximum atomic E-state index is 14.5. The van der Waals surface area contributed by atoms with Gasteiger partial charge in [0.2, 0.25) is 23.7 Å². The van der Waals surface area contributed by atoms with Crippen LogP contribution in [0.2, 0.25) is 10.0 Å². The van der Waals surface area contributed by atoms with E-state index >= 15 is 0 Å². The minimum Gasteiger partial charge on any atom is -0.497 e. The van der Waals surface area contributed by atoms with E-state index in [2.05, 4.69) is 30.9 Å². The van der Waals surface area contributed by atoms with E-state index in [1.165, 1.54) is 42.5 Å². The van der Waals surface area contributed by atoms with Gasteiger partial charge < -0.3 is 45.9 Å². The number of methoxy groups -OCH3 is 1. The van der Waals surface area contributed by atoms with Crippen molar-refractivity contribution < 1.29 is 56.5 Å². The number of allylic oxidation sites excluding steroid dienone is 1. The number of nitrogens with one attached hydrogen (secondary N) is 3. The molecule has 0 bridgehead atoms. The maximum Gasteiger partial charge on any atom is 0.408 e.